The van der Waals surface area contributed by atoms with Crippen molar-refractivity contribution in [1.29, 1.82) is 0 Å². The Morgan fingerprint density at radius 3 is 2.46 bits per heavy atom. The molecule has 0 aliphatic rings. The van der Waals surface area contributed by atoms with Gasteiger partial charge in [0.2, 0.25) is 5.91 Å². The number of para-hydroxylation sites is 1. The number of nitrogens with one attached hydrogen (secondary N) is 1. The van der Waals surface area contributed by atoms with E-state index in [-0.39, 0.29) is 35.4 Å². The molecule has 4 rings (SSSR count). The Morgan fingerprint density at radius 1 is 1.00 bits per heavy atom. The van der Waals surface area contributed by atoms with Crippen molar-refractivity contribution >= 4 is 22.6 Å². The lowest BCUT2D eigenvalue weighted by atomic mass is 9.95. The summed E-state index contributed by atoms with van der Waals surface area (Å²) in [5, 5.41) is 3.43. The topological polar surface area (TPSA) is 81.1 Å². The second-order valence-corrected chi connectivity index (χ2v) is 9.69. The van der Waals surface area contributed by atoms with E-state index in [1.807, 2.05) is 13.8 Å². The summed E-state index contributed by atoms with van der Waals surface area (Å²) in [6, 6.07) is 19.2. The highest BCUT2D eigenvalue weighted by atomic mass is 19.1. The van der Waals surface area contributed by atoms with Crippen LogP contribution in [0.3, 0.4) is 0 Å². The van der Waals surface area contributed by atoms with Crippen LogP contribution in [-0.4, -0.2) is 21.2 Å². The number of ketones is 1. The van der Waals surface area contributed by atoms with Crippen LogP contribution in [-0.2, 0) is 9.59 Å². The average Bonchev–Trinajstić information content (AvgIpc) is 2.87. The van der Waals surface area contributed by atoms with E-state index < -0.39 is 12.1 Å². The smallest absolute Gasteiger partial charge is 0.261 e. The quantitative estimate of drug-likeness (QED) is 0.324. The molecule has 0 fully saturated rings. The van der Waals surface area contributed by atoms with Crippen LogP contribution in [0.15, 0.2) is 83.9 Å². The summed E-state index contributed by atoms with van der Waals surface area (Å²) in [5.74, 6) is -0.723. The first-order valence-electron chi connectivity index (χ1n) is 12.3. The number of carbonyl (C=O) groups is 2. The monoisotopic (exact) mass is 499 g/mol. The molecule has 3 aromatic carbocycles. The Bertz CT molecular complexity index is 1490. The van der Waals surface area contributed by atoms with Crippen LogP contribution in [0.2, 0.25) is 0 Å². The van der Waals surface area contributed by atoms with E-state index in [1.165, 1.54) is 23.9 Å². The Hall–Kier alpha value is -4.13. The zero-order chi connectivity index (χ0) is 26.5. The van der Waals surface area contributed by atoms with Crippen molar-refractivity contribution in [1.82, 2.24) is 14.9 Å². The first-order valence-corrected chi connectivity index (χ1v) is 12.3. The van der Waals surface area contributed by atoms with Crippen molar-refractivity contribution in [2.45, 2.75) is 45.7 Å². The molecular weight excluding hydrogens is 469 g/mol. The van der Waals surface area contributed by atoms with Gasteiger partial charge in [-0.2, -0.15) is 0 Å². The largest absolute Gasteiger partial charge is 0.347 e. The minimum atomic E-state index is -0.811. The van der Waals surface area contributed by atoms with Gasteiger partial charge in [-0.3, -0.25) is 19.0 Å². The number of carbonyl (C=O) groups excluding carboxylic acids is 2. The number of fused-ring (bicyclic) bond motifs is 1. The molecule has 1 aromatic heterocycles. The van der Waals surface area contributed by atoms with Gasteiger partial charge < -0.3 is 5.32 Å². The summed E-state index contributed by atoms with van der Waals surface area (Å²) >= 11 is 0. The average molecular weight is 500 g/mol. The van der Waals surface area contributed by atoms with Crippen LogP contribution >= 0.6 is 0 Å². The highest BCUT2D eigenvalue weighted by Crippen LogP contribution is 2.28. The summed E-state index contributed by atoms with van der Waals surface area (Å²) in [7, 11) is 0. The van der Waals surface area contributed by atoms with Crippen molar-refractivity contribution in [3.8, 4) is 11.1 Å². The maximum Gasteiger partial charge on any atom is 0.261 e. The van der Waals surface area contributed by atoms with Gasteiger partial charge in [0.25, 0.3) is 5.56 Å². The molecule has 0 spiro atoms. The standard InChI is InChI=1S/C30H30FN3O3/c1-19(2)15-28(34-18-32-26-14-7-5-12-24(26)30(34)37)29(36)33-27(16-20(3)35)22-10-8-9-21(17-22)23-11-4-6-13-25(23)31/h4-14,17-19,27-28H,15-16H2,1-3H3,(H,33,36)/t27-,28-/m0/s1. The molecule has 1 N–H and O–H groups in total. The van der Waals surface area contributed by atoms with Gasteiger partial charge in [0.15, 0.2) is 0 Å². The fourth-order valence-electron chi connectivity index (χ4n) is 4.52. The second-order valence-electron chi connectivity index (χ2n) is 9.69. The van der Waals surface area contributed by atoms with E-state index in [9.17, 15) is 18.8 Å². The predicted octanol–water partition coefficient (Wildman–Crippen LogP) is 5.63. The number of halogens is 1. The minimum Gasteiger partial charge on any atom is -0.347 e. The molecule has 1 heterocycles. The van der Waals surface area contributed by atoms with Gasteiger partial charge >= 0.3 is 0 Å². The molecule has 0 saturated carbocycles. The van der Waals surface area contributed by atoms with E-state index in [0.29, 0.717) is 34.0 Å². The van der Waals surface area contributed by atoms with Gasteiger partial charge in [-0.1, -0.05) is 62.4 Å². The van der Waals surface area contributed by atoms with Gasteiger partial charge in [-0.15, -0.1) is 0 Å². The lowest BCUT2D eigenvalue weighted by Gasteiger charge is -2.25. The highest BCUT2D eigenvalue weighted by Gasteiger charge is 2.27. The molecule has 4 aromatic rings. The van der Waals surface area contributed by atoms with E-state index in [1.54, 1.807) is 66.7 Å². The van der Waals surface area contributed by atoms with E-state index in [0.717, 1.165) is 0 Å². The molecule has 0 unspecified atom stereocenters. The number of benzene rings is 3. The number of hydrogen-bond donors (Lipinski definition) is 1. The van der Waals surface area contributed by atoms with E-state index in [2.05, 4.69) is 10.3 Å². The van der Waals surface area contributed by atoms with Crippen LogP contribution in [0.25, 0.3) is 22.0 Å². The van der Waals surface area contributed by atoms with E-state index >= 15 is 0 Å². The van der Waals surface area contributed by atoms with Crippen LogP contribution in [0.5, 0.6) is 0 Å². The molecule has 2 atom stereocenters. The van der Waals surface area contributed by atoms with Gasteiger partial charge in [0, 0.05) is 12.0 Å². The Balaban J connectivity index is 1.70. The highest BCUT2D eigenvalue weighted by molar-refractivity contribution is 5.83. The molecule has 0 aliphatic heterocycles. The maximum absolute atomic E-state index is 14.4. The Morgan fingerprint density at radius 2 is 1.73 bits per heavy atom. The van der Waals surface area contributed by atoms with Gasteiger partial charge in [-0.05, 0) is 54.7 Å². The summed E-state index contributed by atoms with van der Waals surface area (Å²) in [6.45, 7) is 5.42. The third-order valence-corrected chi connectivity index (χ3v) is 6.31. The predicted molar refractivity (Wildman–Crippen MR) is 143 cm³/mol. The van der Waals surface area contributed by atoms with Crippen molar-refractivity contribution < 1.29 is 14.0 Å². The molecular formula is C30H30FN3O3. The molecule has 6 nitrogen and oxygen atoms in total. The van der Waals surface area contributed by atoms with Gasteiger partial charge in [0.1, 0.15) is 17.6 Å². The lowest BCUT2D eigenvalue weighted by Crippen LogP contribution is -2.40. The van der Waals surface area contributed by atoms with Crippen LogP contribution in [0.1, 0.15) is 51.3 Å². The molecule has 190 valence electrons. The first-order chi connectivity index (χ1) is 17.7. The SMILES string of the molecule is CC(=O)C[C@H](NC(=O)[C@H](CC(C)C)n1cnc2ccccc2c1=O)c1cccc(-c2ccccc2F)c1. The fraction of sp³-hybridized carbons (Fsp3) is 0.267. The second kappa shape index (κ2) is 11.3. The molecule has 37 heavy (non-hydrogen) atoms. The van der Waals surface area contributed by atoms with Crippen molar-refractivity contribution in [2.24, 2.45) is 5.92 Å². The summed E-state index contributed by atoms with van der Waals surface area (Å²) < 4.78 is 15.8. The molecule has 0 radical (unpaired) electrons. The fourth-order valence-corrected chi connectivity index (χ4v) is 4.52. The molecule has 7 heteroatoms. The molecule has 0 aliphatic carbocycles. The first kappa shape index (κ1) is 25.9. The number of Topliss-reactive ketones (excluding diaryl/α,β-unsaturated/α-hetero) is 1. The minimum absolute atomic E-state index is 0.0612. The number of amides is 1. The summed E-state index contributed by atoms with van der Waals surface area (Å²) in [4.78, 5) is 43.5. The number of nitrogens with zero attached hydrogens (tertiary/aromatic N) is 2. The Kier molecular flexibility index (Phi) is 7.92. The zero-order valence-corrected chi connectivity index (χ0v) is 21.1. The lowest BCUT2D eigenvalue weighted by molar-refractivity contribution is -0.126. The van der Waals surface area contributed by atoms with Crippen molar-refractivity contribution in [3.63, 3.8) is 0 Å². The van der Waals surface area contributed by atoms with Crippen molar-refractivity contribution in [2.75, 3.05) is 0 Å². The van der Waals surface area contributed by atoms with E-state index in [4.69, 9.17) is 0 Å². The van der Waals surface area contributed by atoms with Gasteiger partial charge in [-0.25, -0.2) is 9.37 Å². The summed E-state index contributed by atoms with van der Waals surface area (Å²) in [5.41, 5.74) is 2.02. The molecule has 0 saturated heterocycles. The number of hydrogen-bond acceptors (Lipinski definition) is 4. The normalized spacial score (nSPS) is 12.9. The number of rotatable bonds is 9. The third kappa shape index (κ3) is 6.00. The van der Waals surface area contributed by atoms with Crippen LogP contribution in [0, 0.1) is 11.7 Å². The third-order valence-electron chi connectivity index (χ3n) is 6.31. The number of aromatic nitrogens is 2. The zero-order valence-electron chi connectivity index (χ0n) is 21.1. The van der Waals surface area contributed by atoms with Crippen LogP contribution < -0.4 is 10.9 Å². The summed E-state index contributed by atoms with van der Waals surface area (Å²) in [6.07, 6.45) is 1.88. The molecule has 1 amide bonds. The van der Waals surface area contributed by atoms with Crippen molar-refractivity contribution in [3.05, 3.63) is 101 Å². The molecule has 0 bridgehead atoms. The maximum atomic E-state index is 14.4. The Labute approximate surface area is 215 Å². The van der Waals surface area contributed by atoms with Crippen LogP contribution in [0.4, 0.5) is 4.39 Å². The van der Waals surface area contributed by atoms with Gasteiger partial charge in [0.05, 0.1) is 23.3 Å².